The molecule has 0 aliphatic carbocycles. The van der Waals surface area contributed by atoms with Gasteiger partial charge in [-0.1, -0.05) is 12.8 Å². The average molecular weight is 277 g/mol. The van der Waals surface area contributed by atoms with Crippen LogP contribution in [-0.4, -0.2) is 35.9 Å². The summed E-state index contributed by atoms with van der Waals surface area (Å²) in [6.07, 6.45) is 4.37. The minimum atomic E-state index is -0.452. The van der Waals surface area contributed by atoms with Crippen molar-refractivity contribution in [2.24, 2.45) is 0 Å². The smallest absolute Gasteiger partial charge is 0.292 e. The summed E-state index contributed by atoms with van der Waals surface area (Å²) in [5.74, 6) is -0.0432. The van der Waals surface area contributed by atoms with Crippen LogP contribution >= 0.6 is 0 Å². The molecule has 1 aliphatic heterocycles. The lowest BCUT2D eigenvalue weighted by Crippen LogP contribution is -2.31. The van der Waals surface area contributed by atoms with Gasteiger partial charge in [0.05, 0.1) is 4.92 Å². The third-order valence-corrected chi connectivity index (χ3v) is 3.60. The van der Waals surface area contributed by atoms with Crippen molar-refractivity contribution in [1.29, 1.82) is 0 Å². The maximum absolute atomic E-state index is 12.4. The number of nitro benzene ring substituents is 1. The van der Waals surface area contributed by atoms with Crippen LogP contribution in [-0.2, 0) is 0 Å². The molecule has 0 bridgehead atoms. The van der Waals surface area contributed by atoms with Crippen molar-refractivity contribution in [3.8, 4) is 0 Å². The maximum Gasteiger partial charge on any atom is 0.292 e. The zero-order chi connectivity index (χ0) is 14.5. The van der Waals surface area contributed by atoms with E-state index in [1.807, 2.05) is 4.90 Å². The first-order chi connectivity index (χ1) is 9.63. The van der Waals surface area contributed by atoms with E-state index >= 15 is 0 Å². The summed E-state index contributed by atoms with van der Waals surface area (Å²) in [6.45, 7) is 1.54. The lowest BCUT2D eigenvalue weighted by Gasteiger charge is -2.20. The first-order valence-corrected chi connectivity index (χ1v) is 6.89. The summed E-state index contributed by atoms with van der Waals surface area (Å²) in [5.41, 5.74) is 0.859. The predicted molar refractivity (Wildman–Crippen MR) is 77.0 cm³/mol. The van der Waals surface area contributed by atoms with Crippen LogP contribution in [0.15, 0.2) is 18.2 Å². The molecule has 1 heterocycles. The number of rotatable bonds is 3. The molecule has 1 amide bonds. The summed E-state index contributed by atoms with van der Waals surface area (Å²) in [7, 11) is 1.61. The Morgan fingerprint density at radius 1 is 1.25 bits per heavy atom. The fourth-order valence-electron chi connectivity index (χ4n) is 2.48. The molecule has 1 aromatic carbocycles. The molecule has 1 saturated heterocycles. The number of nitrogens with zero attached hydrogens (tertiary/aromatic N) is 2. The van der Waals surface area contributed by atoms with Crippen molar-refractivity contribution in [1.82, 2.24) is 4.90 Å². The molecular formula is C14H19N3O3. The van der Waals surface area contributed by atoms with Crippen molar-refractivity contribution in [3.63, 3.8) is 0 Å². The standard InChI is InChI=1S/C14H19N3O3/c1-15-12-10-11(6-7-13(12)17(19)20)14(18)16-8-4-2-3-5-9-16/h6-7,10,15H,2-5,8-9H2,1H3. The monoisotopic (exact) mass is 277 g/mol. The highest BCUT2D eigenvalue weighted by Crippen LogP contribution is 2.26. The fourth-order valence-corrected chi connectivity index (χ4v) is 2.48. The Hall–Kier alpha value is -2.11. The van der Waals surface area contributed by atoms with E-state index < -0.39 is 4.92 Å². The van der Waals surface area contributed by atoms with Crippen LogP contribution in [0.1, 0.15) is 36.0 Å². The molecular weight excluding hydrogens is 258 g/mol. The molecule has 1 fully saturated rings. The van der Waals surface area contributed by atoms with E-state index in [0.29, 0.717) is 11.3 Å². The van der Waals surface area contributed by atoms with Crippen LogP contribution in [0.5, 0.6) is 0 Å². The van der Waals surface area contributed by atoms with Crippen molar-refractivity contribution in [2.75, 3.05) is 25.5 Å². The first kappa shape index (κ1) is 14.3. The van der Waals surface area contributed by atoms with E-state index in [0.717, 1.165) is 38.8 Å². The lowest BCUT2D eigenvalue weighted by molar-refractivity contribution is -0.383. The van der Waals surface area contributed by atoms with Crippen LogP contribution < -0.4 is 5.32 Å². The number of nitro groups is 1. The van der Waals surface area contributed by atoms with Gasteiger partial charge in [-0.25, -0.2) is 0 Å². The number of likely N-dealkylation sites (tertiary alicyclic amines) is 1. The van der Waals surface area contributed by atoms with Crippen LogP contribution in [0.4, 0.5) is 11.4 Å². The van der Waals surface area contributed by atoms with Gasteiger partial charge in [0.15, 0.2) is 0 Å². The third kappa shape index (κ3) is 3.07. The highest BCUT2D eigenvalue weighted by molar-refractivity contribution is 5.96. The Morgan fingerprint density at radius 2 is 1.90 bits per heavy atom. The molecule has 20 heavy (non-hydrogen) atoms. The van der Waals surface area contributed by atoms with Gasteiger partial charge in [0.25, 0.3) is 11.6 Å². The number of amides is 1. The van der Waals surface area contributed by atoms with E-state index in [1.165, 1.54) is 12.1 Å². The molecule has 0 radical (unpaired) electrons. The van der Waals surface area contributed by atoms with Gasteiger partial charge in [0.2, 0.25) is 0 Å². The zero-order valence-electron chi connectivity index (χ0n) is 11.6. The van der Waals surface area contributed by atoms with Gasteiger partial charge in [0, 0.05) is 31.8 Å². The van der Waals surface area contributed by atoms with E-state index in [4.69, 9.17) is 0 Å². The maximum atomic E-state index is 12.4. The second-order valence-electron chi connectivity index (χ2n) is 4.95. The molecule has 0 saturated carbocycles. The largest absolute Gasteiger partial charge is 0.383 e. The van der Waals surface area contributed by atoms with Gasteiger partial charge < -0.3 is 10.2 Å². The van der Waals surface area contributed by atoms with Crippen molar-refractivity contribution in [3.05, 3.63) is 33.9 Å². The lowest BCUT2D eigenvalue weighted by atomic mass is 10.1. The normalized spacial score (nSPS) is 15.6. The Kier molecular flexibility index (Phi) is 4.55. The minimum Gasteiger partial charge on any atom is -0.383 e. The molecule has 6 nitrogen and oxygen atoms in total. The van der Waals surface area contributed by atoms with Crippen molar-refractivity contribution in [2.45, 2.75) is 25.7 Å². The molecule has 0 atom stereocenters. The van der Waals surface area contributed by atoms with E-state index in [1.54, 1.807) is 13.1 Å². The predicted octanol–water partition coefficient (Wildman–Crippen LogP) is 2.65. The fraction of sp³-hybridized carbons (Fsp3) is 0.500. The second-order valence-corrected chi connectivity index (χ2v) is 4.95. The Morgan fingerprint density at radius 3 is 2.45 bits per heavy atom. The van der Waals surface area contributed by atoms with Gasteiger partial charge in [-0.2, -0.15) is 0 Å². The van der Waals surface area contributed by atoms with E-state index in [2.05, 4.69) is 5.32 Å². The summed E-state index contributed by atoms with van der Waals surface area (Å²) in [5, 5.41) is 13.7. The van der Waals surface area contributed by atoms with E-state index in [9.17, 15) is 14.9 Å². The molecule has 1 aliphatic rings. The zero-order valence-corrected chi connectivity index (χ0v) is 11.6. The van der Waals surface area contributed by atoms with Crippen molar-refractivity contribution < 1.29 is 9.72 Å². The van der Waals surface area contributed by atoms with Gasteiger partial charge >= 0.3 is 0 Å². The third-order valence-electron chi connectivity index (χ3n) is 3.60. The van der Waals surface area contributed by atoms with Crippen LogP contribution in [0.3, 0.4) is 0 Å². The minimum absolute atomic E-state index is 0.0140. The highest BCUT2D eigenvalue weighted by Gasteiger charge is 2.20. The van der Waals surface area contributed by atoms with Gasteiger partial charge in [-0.05, 0) is 25.0 Å². The van der Waals surface area contributed by atoms with Gasteiger partial charge in [0.1, 0.15) is 5.69 Å². The number of carbonyl (C=O) groups is 1. The molecule has 108 valence electrons. The Bertz CT molecular complexity index is 508. The number of benzene rings is 1. The highest BCUT2D eigenvalue weighted by atomic mass is 16.6. The first-order valence-electron chi connectivity index (χ1n) is 6.89. The van der Waals surface area contributed by atoms with Crippen LogP contribution in [0.25, 0.3) is 0 Å². The number of hydrogen-bond acceptors (Lipinski definition) is 4. The average Bonchev–Trinajstić information content (AvgIpc) is 2.74. The van der Waals surface area contributed by atoms with E-state index in [-0.39, 0.29) is 11.6 Å². The topological polar surface area (TPSA) is 75.5 Å². The molecule has 2 rings (SSSR count). The van der Waals surface area contributed by atoms with Crippen LogP contribution in [0.2, 0.25) is 0 Å². The Labute approximate surface area is 117 Å². The van der Waals surface area contributed by atoms with Crippen molar-refractivity contribution >= 4 is 17.3 Å². The number of hydrogen-bond donors (Lipinski definition) is 1. The molecule has 0 spiro atoms. The van der Waals surface area contributed by atoms with Crippen LogP contribution in [0, 0.1) is 10.1 Å². The summed E-state index contributed by atoms with van der Waals surface area (Å²) >= 11 is 0. The number of carbonyl (C=O) groups excluding carboxylic acids is 1. The SMILES string of the molecule is CNc1cc(C(=O)N2CCCCCC2)ccc1[N+](=O)[O-]. The Balaban J connectivity index is 2.23. The molecule has 1 N–H and O–H groups in total. The summed E-state index contributed by atoms with van der Waals surface area (Å²) in [4.78, 5) is 24.7. The molecule has 1 aromatic rings. The number of anilines is 1. The molecule has 6 heteroatoms. The second kappa shape index (κ2) is 6.36. The summed E-state index contributed by atoms with van der Waals surface area (Å²) < 4.78 is 0. The molecule has 0 aromatic heterocycles. The quantitative estimate of drug-likeness (QED) is 0.680. The molecule has 0 unspecified atom stereocenters. The summed E-state index contributed by atoms with van der Waals surface area (Å²) in [6, 6.07) is 4.48. The number of nitrogens with one attached hydrogen (secondary N) is 1. The van der Waals surface area contributed by atoms with Gasteiger partial charge in [-0.15, -0.1) is 0 Å². The van der Waals surface area contributed by atoms with Gasteiger partial charge in [-0.3, -0.25) is 14.9 Å².